The van der Waals surface area contributed by atoms with Gasteiger partial charge in [0.15, 0.2) is 0 Å². The van der Waals surface area contributed by atoms with Crippen LogP contribution in [-0.4, -0.2) is 15.6 Å². The Balaban J connectivity index is 2.54. The van der Waals surface area contributed by atoms with Gasteiger partial charge in [-0.15, -0.1) is 0 Å². The van der Waals surface area contributed by atoms with Crippen molar-refractivity contribution in [1.82, 2.24) is 0 Å². The van der Waals surface area contributed by atoms with Crippen molar-refractivity contribution in [2.45, 2.75) is 3.92 Å². The van der Waals surface area contributed by atoms with Crippen molar-refractivity contribution in [3.05, 3.63) is 6.92 Å². The quantitative estimate of drug-likeness (QED) is 0.468. The van der Waals surface area contributed by atoms with Gasteiger partial charge in [-0.25, -0.2) is 0 Å². The van der Waals surface area contributed by atoms with Crippen LogP contribution in [0.5, 0.6) is 0 Å². The third-order valence-corrected chi connectivity index (χ3v) is 0.592. The lowest BCUT2D eigenvalue weighted by Crippen LogP contribution is -1.94. The molecule has 0 aromatic heterocycles. The normalized spacial score (nSPS) is 15.0. The summed E-state index contributed by atoms with van der Waals surface area (Å²) in [5, 5.41) is 8.07. The maximum Gasteiger partial charge on any atom is 0.0548 e. The number of rotatable bonds is 1. The van der Waals surface area contributed by atoms with Gasteiger partial charge in [0.1, 0.15) is 0 Å². The number of halogens is 1. The summed E-state index contributed by atoms with van der Waals surface area (Å²) in [6.45, 7) is 3.67. The Morgan fingerprint density at radius 1 is 2.00 bits per heavy atom. The van der Waals surface area contributed by atoms with Gasteiger partial charge in [-0.05, 0) is 6.92 Å². The van der Waals surface area contributed by atoms with Gasteiger partial charge in [-0.3, -0.25) is 0 Å². The first-order valence-corrected chi connectivity index (χ1v) is 2.60. The molecule has 0 saturated heterocycles. The molecular weight excluding hydrogens is 179 g/mol. The van der Waals surface area contributed by atoms with Crippen LogP contribution < -0.4 is 0 Å². The summed E-state index contributed by atoms with van der Waals surface area (Å²) in [5.41, 5.74) is 0. The third-order valence-electron chi connectivity index (χ3n) is 0.198. The molecule has 2 heteroatoms. The summed E-state index contributed by atoms with van der Waals surface area (Å²) in [4.78, 5) is 0. The summed E-state index contributed by atoms with van der Waals surface area (Å²) in [5.74, 6) is 0. The van der Waals surface area contributed by atoms with Crippen molar-refractivity contribution in [2.75, 3.05) is 6.61 Å². The Bertz CT molecular complexity index is 20.9. The second-order valence-electron chi connectivity index (χ2n) is 0.780. The summed E-state index contributed by atoms with van der Waals surface area (Å²) >= 11 is 2.05. The van der Waals surface area contributed by atoms with Gasteiger partial charge in [0.2, 0.25) is 0 Å². The van der Waals surface area contributed by atoms with Gasteiger partial charge in [0.25, 0.3) is 0 Å². The van der Waals surface area contributed by atoms with Crippen molar-refractivity contribution in [2.24, 2.45) is 0 Å². The summed E-state index contributed by atoms with van der Waals surface area (Å²) in [6.07, 6.45) is 0. The lowest BCUT2D eigenvalue weighted by atomic mass is 10.5. The van der Waals surface area contributed by atoms with E-state index in [4.69, 9.17) is 5.11 Å². The molecule has 5 heavy (non-hydrogen) atoms. The highest BCUT2D eigenvalue weighted by atomic mass is 127. The fraction of sp³-hybridized carbons (Fsp3) is 0.667. The van der Waals surface area contributed by atoms with E-state index in [2.05, 4.69) is 6.92 Å². The lowest BCUT2D eigenvalue weighted by molar-refractivity contribution is 0.310. The largest absolute Gasteiger partial charge is 0.395 e. The number of hydrogen-bond acceptors (Lipinski definition) is 1. The third kappa shape index (κ3) is 4.69. The van der Waals surface area contributed by atoms with Gasteiger partial charge in [0.05, 0.1) is 6.61 Å². The molecule has 0 heterocycles. The van der Waals surface area contributed by atoms with Crippen molar-refractivity contribution in [3.8, 4) is 0 Å². The summed E-state index contributed by atoms with van der Waals surface area (Å²) in [7, 11) is 0. The Morgan fingerprint density at radius 3 is 2.20 bits per heavy atom. The minimum absolute atomic E-state index is 0.160. The highest BCUT2D eigenvalue weighted by Crippen LogP contribution is 1.92. The molecule has 1 atom stereocenters. The fourth-order valence-corrected chi connectivity index (χ4v) is 0. The first-order chi connectivity index (χ1) is 2.27. The molecule has 0 aromatic rings. The van der Waals surface area contributed by atoms with E-state index in [0.29, 0.717) is 0 Å². The maximum atomic E-state index is 8.07. The zero-order valence-electron chi connectivity index (χ0n) is 2.82. The lowest BCUT2D eigenvalue weighted by Gasteiger charge is -1.87. The number of aliphatic hydroxyl groups is 1. The van der Waals surface area contributed by atoms with Crippen molar-refractivity contribution in [1.29, 1.82) is 0 Å². The van der Waals surface area contributed by atoms with Crippen molar-refractivity contribution < 1.29 is 5.11 Å². The topological polar surface area (TPSA) is 20.2 Å². The van der Waals surface area contributed by atoms with Crippen LogP contribution in [0.3, 0.4) is 0 Å². The van der Waals surface area contributed by atoms with E-state index in [1.807, 2.05) is 22.6 Å². The fourth-order valence-electron chi connectivity index (χ4n) is 0. The van der Waals surface area contributed by atoms with Gasteiger partial charge < -0.3 is 5.11 Å². The van der Waals surface area contributed by atoms with Crippen LogP contribution in [0.4, 0.5) is 0 Å². The highest BCUT2D eigenvalue weighted by molar-refractivity contribution is 14.1. The van der Waals surface area contributed by atoms with Crippen LogP contribution in [0, 0.1) is 6.92 Å². The molecule has 1 N–H and O–H groups in total. The molecule has 31 valence electrons. The predicted octanol–water partition coefficient (Wildman–Crippen LogP) is 0.616. The predicted molar refractivity (Wildman–Crippen MR) is 30.3 cm³/mol. The SMILES string of the molecule is [CH2]C(I)CO. The Hall–Kier alpha value is 0.690. The molecule has 1 nitrogen and oxygen atoms in total. The van der Waals surface area contributed by atoms with E-state index in [1.54, 1.807) is 0 Å². The number of hydrogen-bond donors (Lipinski definition) is 1. The van der Waals surface area contributed by atoms with Crippen molar-refractivity contribution in [3.63, 3.8) is 0 Å². The van der Waals surface area contributed by atoms with Crippen LogP contribution in [0.1, 0.15) is 0 Å². The smallest absolute Gasteiger partial charge is 0.0548 e. The minimum Gasteiger partial charge on any atom is -0.395 e. The average molecular weight is 185 g/mol. The van der Waals surface area contributed by atoms with E-state index in [-0.39, 0.29) is 10.5 Å². The number of alkyl halides is 1. The van der Waals surface area contributed by atoms with Gasteiger partial charge in [0, 0.05) is 3.92 Å². The van der Waals surface area contributed by atoms with E-state index in [9.17, 15) is 0 Å². The van der Waals surface area contributed by atoms with Gasteiger partial charge in [-0.2, -0.15) is 0 Å². The van der Waals surface area contributed by atoms with E-state index >= 15 is 0 Å². The molecule has 0 amide bonds. The molecule has 1 radical (unpaired) electrons. The minimum atomic E-state index is 0.160. The number of aliphatic hydroxyl groups excluding tert-OH is 1. The highest BCUT2D eigenvalue weighted by Gasteiger charge is 1.84. The second-order valence-corrected chi connectivity index (χ2v) is 2.54. The van der Waals surface area contributed by atoms with E-state index in [0.717, 1.165) is 0 Å². The maximum absolute atomic E-state index is 8.07. The zero-order chi connectivity index (χ0) is 4.28. The van der Waals surface area contributed by atoms with Crippen molar-refractivity contribution >= 4 is 22.6 Å². The monoisotopic (exact) mass is 185 g/mol. The standard InChI is InChI=1S/C3H6IO/c1-3(4)2-5/h3,5H,1-2H2. The van der Waals surface area contributed by atoms with E-state index in [1.165, 1.54) is 0 Å². The molecule has 0 saturated carbocycles. The van der Waals surface area contributed by atoms with E-state index < -0.39 is 0 Å². The first kappa shape index (κ1) is 5.69. The molecule has 0 aromatic carbocycles. The summed E-state index contributed by atoms with van der Waals surface area (Å²) < 4.78 is 0.160. The zero-order valence-corrected chi connectivity index (χ0v) is 4.97. The van der Waals surface area contributed by atoms with Crippen LogP contribution >= 0.6 is 22.6 Å². The van der Waals surface area contributed by atoms with Gasteiger partial charge in [-0.1, -0.05) is 22.6 Å². The molecule has 0 rings (SSSR count). The van der Waals surface area contributed by atoms with Crippen LogP contribution in [0.2, 0.25) is 0 Å². The first-order valence-electron chi connectivity index (χ1n) is 1.35. The van der Waals surface area contributed by atoms with Crippen LogP contribution in [-0.2, 0) is 0 Å². The molecule has 0 aliphatic heterocycles. The molecule has 0 aliphatic carbocycles. The van der Waals surface area contributed by atoms with Gasteiger partial charge >= 0.3 is 0 Å². The molecule has 1 unspecified atom stereocenters. The molecule has 0 aliphatic rings. The molecule has 0 spiro atoms. The van der Waals surface area contributed by atoms with Crippen LogP contribution in [0.25, 0.3) is 0 Å². The molecular formula is C3H6IO. The second kappa shape index (κ2) is 2.90. The Labute approximate surface area is 45.5 Å². The Kier molecular flexibility index (Phi) is 3.30. The average Bonchev–Trinajstić information content (AvgIpc) is 1.38. The molecule has 0 bridgehead atoms. The molecule has 0 fully saturated rings. The Morgan fingerprint density at radius 2 is 2.20 bits per heavy atom. The summed E-state index contributed by atoms with van der Waals surface area (Å²) in [6, 6.07) is 0. The van der Waals surface area contributed by atoms with Crippen LogP contribution in [0.15, 0.2) is 0 Å².